The van der Waals surface area contributed by atoms with E-state index in [1.807, 2.05) is 0 Å². The van der Waals surface area contributed by atoms with E-state index in [1.165, 1.54) is 12.1 Å². The van der Waals surface area contributed by atoms with Crippen LogP contribution >= 0.6 is 0 Å². The van der Waals surface area contributed by atoms with Crippen LogP contribution < -0.4 is 5.32 Å². The molecule has 0 aliphatic heterocycles. The predicted octanol–water partition coefficient (Wildman–Crippen LogP) is 3.60. The minimum atomic E-state index is -0.471. The van der Waals surface area contributed by atoms with Gasteiger partial charge in [0.25, 0.3) is 0 Å². The molecule has 1 aliphatic rings. The molecule has 0 heterocycles. The molecule has 1 aliphatic carbocycles. The second-order valence-electron chi connectivity index (χ2n) is 4.80. The molecule has 1 nitrogen and oxygen atoms in total. The van der Waals surface area contributed by atoms with E-state index >= 15 is 0 Å². The van der Waals surface area contributed by atoms with Crippen LogP contribution in [0.3, 0.4) is 0 Å². The van der Waals surface area contributed by atoms with Crippen molar-refractivity contribution in [2.45, 2.75) is 44.6 Å². The molecule has 1 aromatic rings. The smallest absolute Gasteiger partial charge is 0.126 e. The van der Waals surface area contributed by atoms with Gasteiger partial charge in [-0.25, -0.2) is 8.78 Å². The Morgan fingerprint density at radius 2 is 1.88 bits per heavy atom. The summed E-state index contributed by atoms with van der Waals surface area (Å²) in [5.41, 5.74) is 0.800. The van der Waals surface area contributed by atoms with E-state index in [4.69, 9.17) is 0 Å². The van der Waals surface area contributed by atoms with E-state index in [9.17, 15) is 8.78 Å². The van der Waals surface area contributed by atoms with Gasteiger partial charge in [-0.3, -0.25) is 0 Å². The van der Waals surface area contributed by atoms with E-state index in [0.717, 1.165) is 43.9 Å². The lowest BCUT2D eigenvalue weighted by Crippen LogP contribution is -2.31. The molecule has 0 saturated heterocycles. The van der Waals surface area contributed by atoms with Gasteiger partial charge in [0.1, 0.15) is 11.6 Å². The molecule has 2 rings (SSSR count). The summed E-state index contributed by atoms with van der Waals surface area (Å²) in [6.45, 7) is 3.10. The minimum Gasteiger partial charge on any atom is -0.313 e. The molecule has 1 fully saturated rings. The van der Waals surface area contributed by atoms with Crippen molar-refractivity contribution in [3.8, 4) is 0 Å². The van der Waals surface area contributed by atoms with Gasteiger partial charge in [0.15, 0.2) is 0 Å². The standard InChI is InChI=1S/C14H19F2N/c1-2-6-17-14-5-3-4-13(14)10-7-11(15)9-12(16)8-10/h7-9,13-14,17H,2-6H2,1H3. The van der Waals surface area contributed by atoms with Crippen molar-refractivity contribution >= 4 is 0 Å². The second-order valence-corrected chi connectivity index (χ2v) is 4.80. The third-order valence-corrected chi connectivity index (χ3v) is 3.49. The fourth-order valence-corrected chi connectivity index (χ4v) is 2.72. The highest BCUT2D eigenvalue weighted by Crippen LogP contribution is 2.35. The fraction of sp³-hybridized carbons (Fsp3) is 0.571. The highest BCUT2D eigenvalue weighted by molar-refractivity contribution is 5.24. The molecule has 0 radical (unpaired) electrons. The lowest BCUT2D eigenvalue weighted by atomic mass is 9.94. The van der Waals surface area contributed by atoms with Crippen LogP contribution in [-0.4, -0.2) is 12.6 Å². The van der Waals surface area contributed by atoms with Crippen LogP contribution in [0.2, 0.25) is 0 Å². The average Bonchev–Trinajstić information content (AvgIpc) is 2.73. The number of halogens is 2. The maximum atomic E-state index is 13.2. The van der Waals surface area contributed by atoms with Crippen LogP contribution in [0.5, 0.6) is 0 Å². The van der Waals surface area contributed by atoms with Crippen LogP contribution in [-0.2, 0) is 0 Å². The third kappa shape index (κ3) is 3.03. The molecule has 94 valence electrons. The molecule has 2 unspecified atom stereocenters. The van der Waals surface area contributed by atoms with Crippen molar-refractivity contribution in [1.29, 1.82) is 0 Å². The summed E-state index contributed by atoms with van der Waals surface area (Å²) in [5.74, 6) is -0.686. The summed E-state index contributed by atoms with van der Waals surface area (Å²) in [4.78, 5) is 0. The lowest BCUT2D eigenvalue weighted by Gasteiger charge is -2.21. The van der Waals surface area contributed by atoms with E-state index < -0.39 is 11.6 Å². The Morgan fingerprint density at radius 3 is 2.53 bits per heavy atom. The largest absolute Gasteiger partial charge is 0.313 e. The predicted molar refractivity (Wildman–Crippen MR) is 65.0 cm³/mol. The number of hydrogen-bond donors (Lipinski definition) is 1. The van der Waals surface area contributed by atoms with Crippen molar-refractivity contribution in [3.05, 3.63) is 35.4 Å². The van der Waals surface area contributed by atoms with Gasteiger partial charge in [-0.2, -0.15) is 0 Å². The van der Waals surface area contributed by atoms with Gasteiger partial charge >= 0.3 is 0 Å². The maximum absolute atomic E-state index is 13.2. The third-order valence-electron chi connectivity index (χ3n) is 3.49. The van der Waals surface area contributed by atoms with Gasteiger partial charge in [0.2, 0.25) is 0 Å². The topological polar surface area (TPSA) is 12.0 Å². The van der Waals surface area contributed by atoms with E-state index in [1.54, 1.807) is 0 Å². The Kier molecular flexibility index (Phi) is 4.11. The van der Waals surface area contributed by atoms with Crippen LogP contribution in [0, 0.1) is 11.6 Å². The zero-order valence-electron chi connectivity index (χ0n) is 10.2. The molecule has 17 heavy (non-hydrogen) atoms. The normalized spacial score (nSPS) is 24.2. The van der Waals surface area contributed by atoms with Crippen molar-refractivity contribution < 1.29 is 8.78 Å². The van der Waals surface area contributed by atoms with Crippen molar-refractivity contribution in [2.24, 2.45) is 0 Å². The number of nitrogens with one attached hydrogen (secondary N) is 1. The second kappa shape index (κ2) is 5.58. The zero-order valence-corrected chi connectivity index (χ0v) is 10.2. The summed E-state index contributed by atoms with van der Waals surface area (Å²) in [6.07, 6.45) is 4.33. The molecular formula is C14H19F2N. The van der Waals surface area contributed by atoms with Crippen molar-refractivity contribution in [3.63, 3.8) is 0 Å². The molecule has 0 aromatic heterocycles. The Hall–Kier alpha value is -0.960. The van der Waals surface area contributed by atoms with Gasteiger partial charge < -0.3 is 5.32 Å². The summed E-state index contributed by atoms with van der Waals surface area (Å²) in [6, 6.07) is 4.25. The first-order valence-electron chi connectivity index (χ1n) is 6.40. The Bertz CT molecular complexity index is 358. The quantitative estimate of drug-likeness (QED) is 0.846. The van der Waals surface area contributed by atoms with Crippen LogP contribution in [0.1, 0.15) is 44.1 Å². The SMILES string of the molecule is CCCNC1CCCC1c1cc(F)cc(F)c1. The van der Waals surface area contributed by atoms with E-state index in [0.29, 0.717) is 6.04 Å². The summed E-state index contributed by atoms with van der Waals surface area (Å²) in [7, 11) is 0. The monoisotopic (exact) mass is 239 g/mol. The van der Waals surface area contributed by atoms with Crippen LogP contribution in [0.4, 0.5) is 8.78 Å². The maximum Gasteiger partial charge on any atom is 0.126 e. The first-order chi connectivity index (χ1) is 8.20. The number of benzene rings is 1. The summed E-state index contributed by atoms with van der Waals surface area (Å²) < 4.78 is 26.4. The van der Waals surface area contributed by atoms with Gasteiger partial charge in [0.05, 0.1) is 0 Å². The van der Waals surface area contributed by atoms with Gasteiger partial charge in [-0.05, 0) is 49.4 Å². The fourth-order valence-electron chi connectivity index (χ4n) is 2.72. The molecule has 1 saturated carbocycles. The van der Waals surface area contributed by atoms with Crippen LogP contribution in [0.25, 0.3) is 0 Å². The minimum absolute atomic E-state index is 0.256. The number of hydrogen-bond acceptors (Lipinski definition) is 1. The zero-order chi connectivity index (χ0) is 12.3. The van der Waals surface area contributed by atoms with Gasteiger partial charge in [-0.1, -0.05) is 13.3 Å². The molecule has 2 atom stereocenters. The van der Waals surface area contributed by atoms with Gasteiger partial charge in [0, 0.05) is 12.1 Å². The van der Waals surface area contributed by atoms with Crippen molar-refractivity contribution in [1.82, 2.24) is 5.32 Å². The molecule has 3 heteroatoms. The Morgan fingerprint density at radius 1 is 1.18 bits per heavy atom. The summed E-state index contributed by atoms with van der Waals surface area (Å²) in [5, 5.41) is 3.47. The molecule has 1 aromatic carbocycles. The van der Waals surface area contributed by atoms with Crippen LogP contribution in [0.15, 0.2) is 18.2 Å². The van der Waals surface area contributed by atoms with Gasteiger partial charge in [-0.15, -0.1) is 0 Å². The highest BCUT2D eigenvalue weighted by atomic mass is 19.1. The Labute approximate surface area is 101 Å². The van der Waals surface area contributed by atoms with E-state index in [-0.39, 0.29) is 5.92 Å². The van der Waals surface area contributed by atoms with Crippen molar-refractivity contribution in [2.75, 3.05) is 6.54 Å². The molecule has 0 spiro atoms. The Balaban J connectivity index is 2.14. The molecule has 0 bridgehead atoms. The first kappa shape index (κ1) is 12.5. The lowest BCUT2D eigenvalue weighted by molar-refractivity contribution is 0.474. The number of rotatable bonds is 4. The van der Waals surface area contributed by atoms with E-state index in [2.05, 4.69) is 12.2 Å². The first-order valence-corrected chi connectivity index (χ1v) is 6.40. The summed E-state index contributed by atoms with van der Waals surface area (Å²) >= 11 is 0. The molecule has 1 N–H and O–H groups in total. The molecule has 0 amide bonds. The highest BCUT2D eigenvalue weighted by Gasteiger charge is 2.28. The average molecular weight is 239 g/mol. The molecular weight excluding hydrogens is 220 g/mol.